The molecule has 28 heavy (non-hydrogen) atoms. The molecule has 0 aliphatic carbocycles. The molecule has 6 heteroatoms. The van der Waals surface area contributed by atoms with Crippen molar-refractivity contribution in [1.29, 1.82) is 0 Å². The lowest BCUT2D eigenvalue weighted by Gasteiger charge is -2.12. The number of aromatic nitrogens is 2. The maximum Gasteiger partial charge on any atom is 0.275 e. The van der Waals surface area contributed by atoms with E-state index in [0.717, 1.165) is 5.56 Å². The monoisotopic (exact) mass is 373 g/mol. The molecule has 1 heterocycles. The average Bonchev–Trinajstić information content (AvgIpc) is 2.69. The van der Waals surface area contributed by atoms with Crippen molar-refractivity contribution in [3.8, 4) is 11.3 Å². The molecule has 138 valence electrons. The molecule has 5 nitrogen and oxygen atoms in total. The topological polar surface area (TPSA) is 74.8 Å². The van der Waals surface area contributed by atoms with Crippen LogP contribution >= 0.6 is 0 Å². The Labute approximate surface area is 159 Å². The minimum Gasteiger partial charge on any atom is -0.321 e. The zero-order valence-electron chi connectivity index (χ0n) is 15.0. The minimum atomic E-state index is -0.615. The SMILES string of the molecule is Cc1ccc(NC(=O)c2ccccc2F)c(-c2nc3ccccc3[nH]c2=O)c1. The third-order valence-corrected chi connectivity index (χ3v) is 4.40. The number of carbonyl (C=O) groups is 1. The van der Waals surface area contributed by atoms with Gasteiger partial charge in [-0.15, -0.1) is 0 Å². The Balaban J connectivity index is 1.82. The third kappa shape index (κ3) is 3.27. The zero-order valence-corrected chi connectivity index (χ0v) is 15.0. The molecule has 4 aromatic rings. The van der Waals surface area contributed by atoms with E-state index in [1.54, 1.807) is 36.4 Å². The first-order valence-electron chi connectivity index (χ1n) is 8.69. The van der Waals surface area contributed by atoms with Gasteiger partial charge in [-0.3, -0.25) is 9.59 Å². The molecule has 0 aliphatic heterocycles. The van der Waals surface area contributed by atoms with Crippen LogP contribution in [0.25, 0.3) is 22.3 Å². The van der Waals surface area contributed by atoms with Crippen LogP contribution in [0.15, 0.2) is 71.5 Å². The molecule has 0 bridgehead atoms. The van der Waals surface area contributed by atoms with Crippen molar-refractivity contribution >= 4 is 22.6 Å². The highest BCUT2D eigenvalue weighted by Crippen LogP contribution is 2.27. The Kier molecular flexibility index (Phi) is 4.45. The second-order valence-corrected chi connectivity index (χ2v) is 6.41. The fourth-order valence-electron chi connectivity index (χ4n) is 3.01. The van der Waals surface area contributed by atoms with Crippen LogP contribution in [-0.2, 0) is 0 Å². The Morgan fingerprint density at radius 2 is 1.79 bits per heavy atom. The Morgan fingerprint density at radius 1 is 1.04 bits per heavy atom. The number of hydrogen-bond acceptors (Lipinski definition) is 3. The van der Waals surface area contributed by atoms with E-state index in [9.17, 15) is 14.0 Å². The number of benzene rings is 3. The van der Waals surface area contributed by atoms with Crippen LogP contribution in [0, 0.1) is 12.7 Å². The van der Waals surface area contributed by atoms with Gasteiger partial charge in [0.25, 0.3) is 11.5 Å². The van der Waals surface area contributed by atoms with Crippen molar-refractivity contribution in [1.82, 2.24) is 9.97 Å². The van der Waals surface area contributed by atoms with Gasteiger partial charge in [0, 0.05) is 5.56 Å². The number of aryl methyl sites for hydroxylation is 1. The summed E-state index contributed by atoms with van der Waals surface area (Å²) in [6, 6.07) is 18.2. The highest BCUT2D eigenvalue weighted by molar-refractivity contribution is 6.06. The molecule has 0 radical (unpaired) electrons. The molecule has 0 saturated heterocycles. The van der Waals surface area contributed by atoms with Gasteiger partial charge in [0.2, 0.25) is 0 Å². The van der Waals surface area contributed by atoms with Crippen LogP contribution in [0.5, 0.6) is 0 Å². The van der Waals surface area contributed by atoms with Crippen molar-refractivity contribution in [3.05, 3.63) is 94.0 Å². The quantitative estimate of drug-likeness (QED) is 0.563. The zero-order chi connectivity index (χ0) is 19.7. The highest BCUT2D eigenvalue weighted by atomic mass is 19.1. The van der Waals surface area contributed by atoms with E-state index >= 15 is 0 Å². The van der Waals surface area contributed by atoms with Gasteiger partial charge in [-0.1, -0.05) is 35.9 Å². The van der Waals surface area contributed by atoms with Crippen molar-refractivity contribution in [2.24, 2.45) is 0 Å². The summed E-state index contributed by atoms with van der Waals surface area (Å²) in [5, 5.41) is 2.70. The summed E-state index contributed by atoms with van der Waals surface area (Å²) in [5.74, 6) is -1.21. The van der Waals surface area contributed by atoms with E-state index in [1.165, 1.54) is 18.2 Å². The number of nitrogens with zero attached hydrogens (tertiary/aromatic N) is 1. The fourth-order valence-corrected chi connectivity index (χ4v) is 3.01. The van der Waals surface area contributed by atoms with Crippen LogP contribution in [0.1, 0.15) is 15.9 Å². The van der Waals surface area contributed by atoms with Gasteiger partial charge in [-0.2, -0.15) is 0 Å². The van der Waals surface area contributed by atoms with Crippen LogP contribution in [-0.4, -0.2) is 15.9 Å². The van der Waals surface area contributed by atoms with Crippen LogP contribution in [0.2, 0.25) is 0 Å². The normalized spacial score (nSPS) is 10.8. The lowest BCUT2D eigenvalue weighted by molar-refractivity contribution is 0.102. The number of H-pyrrole nitrogens is 1. The summed E-state index contributed by atoms with van der Waals surface area (Å²) < 4.78 is 13.9. The second kappa shape index (κ2) is 7.08. The molecule has 1 aromatic heterocycles. The first-order valence-corrected chi connectivity index (χ1v) is 8.69. The summed E-state index contributed by atoms with van der Waals surface area (Å²) in [7, 11) is 0. The van der Waals surface area contributed by atoms with Crippen LogP contribution < -0.4 is 10.9 Å². The van der Waals surface area contributed by atoms with Gasteiger partial charge < -0.3 is 10.3 Å². The van der Waals surface area contributed by atoms with E-state index in [-0.39, 0.29) is 16.8 Å². The van der Waals surface area contributed by atoms with Gasteiger partial charge in [0.1, 0.15) is 11.5 Å². The van der Waals surface area contributed by atoms with Crippen molar-refractivity contribution < 1.29 is 9.18 Å². The standard InChI is InChI=1S/C22H16FN3O2/c1-13-10-11-17(25-21(27)14-6-2-3-7-16(14)23)15(12-13)20-22(28)26-19-9-5-4-8-18(19)24-20/h2-12H,1H3,(H,25,27)(H,26,28). The molecule has 0 atom stereocenters. The molecule has 4 rings (SSSR count). The Bertz CT molecular complexity index is 1260. The van der Waals surface area contributed by atoms with E-state index in [0.29, 0.717) is 22.3 Å². The van der Waals surface area contributed by atoms with Gasteiger partial charge in [0.05, 0.1) is 22.3 Å². The molecule has 0 unspecified atom stereocenters. The molecular weight excluding hydrogens is 357 g/mol. The molecule has 2 N–H and O–H groups in total. The van der Waals surface area contributed by atoms with Gasteiger partial charge in [-0.05, 0) is 43.3 Å². The predicted molar refractivity (Wildman–Crippen MR) is 107 cm³/mol. The maximum absolute atomic E-state index is 13.9. The van der Waals surface area contributed by atoms with Crippen molar-refractivity contribution in [2.75, 3.05) is 5.32 Å². The lowest BCUT2D eigenvalue weighted by Crippen LogP contribution is -2.17. The van der Waals surface area contributed by atoms with Gasteiger partial charge in [-0.25, -0.2) is 9.37 Å². The number of para-hydroxylation sites is 2. The smallest absolute Gasteiger partial charge is 0.275 e. The Hall–Kier alpha value is -3.80. The fraction of sp³-hybridized carbons (Fsp3) is 0.0455. The van der Waals surface area contributed by atoms with Gasteiger partial charge in [0.15, 0.2) is 0 Å². The maximum atomic E-state index is 13.9. The van der Waals surface area contributed by atoms with Crippen molar-refractivity contribution in [3.63, 3.8) is 0 Å². The number of fused-ring (bicyclic) bond motifs is 1. The number of amides is 1. The average molecular weight is 373 g/mol. The first kappa shape index (κ1) is 17.6. The Morgan fingerprint density at radius 3 is 2.61 bits per heavy atom. The van der Waals surface area contributed by atoms with E-state index in [1.807, 2.05) is 19.1 Å². The highest BCUT2D eigenvalue weighted by Gasteiger charge is 2.17. The summed E-state index contributed by atoms with van der Waals surface area (Å²) in [6.07, 6.45) is 0. The number of halogens is 1. The molecule has 1 amide bonds. The minimum absolute atomic E-state index is 0.0746. The third-order valence-electron chi connectivity index (χ3n) is 4.40. The summed E-state index contributed by atoms with van der Waals surface area (Å²) in [4.78, 5) is 32.4. The molecule has 0 aliphatic rings. The molecule has 0 fully saturated rings. The van der Waals surface area contributed by atoms with Gasteiger partial charge >= 0.3 is 0 Å². The second-order valence-electron chi connectivity index (χ2n) is 6.41. The number of hydrogen-bond donors (Lipinski definition) is 2. The lowest BCUT2D eigenvalue weighted by atomic mass is 10.1. The summed E-state index contributed by atoms with van der Waals surface area (Å²) in [5.41, 5.74) is 2.74. The molecule has 0 spiro atoms. The molecule has 3 aromatic carbocycles. The molecule has 0 saturated carbocycles. The molecular formula is C22H16FN3O2. The first-order chi connectivity index (χ1) is 13.5. The number of rotatable bonds is 3. The predicted octanol–water partition coefficient (Wildman–Crippen LogP) is 4.29. The van der Waals surface area contributed by atoms with Crippen molar-refractivity contribution in [2.45, 2.75) is 6.92 Å². The number of carbonyl (C=O) groups excluding carboxylic acids is 1. The van der Waals surface area contributed by atoms with E-state index in [2.05, 4.69) is 15.3 Å². The number of nitrogens with one attached hydrogen (secondary N) is 2. The van der Waals surface area contributed by atoms with E-state index in [4.69, 9.17) is 0 Å². The number of anilines is 1. The van der Waals surface area contributed by atoms with E-state index < -0.39 is 11.7 Å². The summed E-state index contributed by atoms with van der Waals surface area (Å²) in [6.45, 7) is 1.88. The number of aromatic amines is 1. The van der Waals surface area contributed by atoms with Crippen LogP contribution in [0.4, 0.5) is 10.1 Å². The van der Waals surface area contributed by atoms with Crippen LogP contribution in [0.3, 0.4) is 0 Å². The largest absolute Gasteiger partial charge is 0.321 e. The summed E-state index contributed by atoms with van der Waals surface area (Å²) >= 11 is 0.